The number of ether oxygens (including phenoxy) is 1. The Morgan fingerprint density at radius 2 is 2.19 bits per heavy atom. The van der Waals surface area contributed by atoms with Crippen molar-refractivity contribution in [3.05, 3.63) is 0 Å². The van der Waals surface area contributed by atoms with Crippen molar-refractivity contribution in [2.24, 2.45) is 0 Å². The third-order valence-corrected chi connectivity index (χ3v) is 5.65. The van der Waals surface area contributed by atoms with Crippen molar-refractivity contribution in [1.29, 1.82) is 0 Å². The highest BCUT2D eigenvalue weighted by atomic mass is 32.2. The highest BCUT2D eigenvalue weighted by molar-refractivity contribution is 7.85. The molecule has 0 amide bonds. The van der Waals surface area contributed by atoms with Gasteiger partial charge in [-0.1, -0.05) is 6.42 Å². The molecule has 0 aromatic rings. The van der Waals surface area contributed by atoms with E-state index in [1.54, 1.807) is 0 Å². The van der Waals surface area contributed by atoms with Crippen molar-refractivity contribution < 1.29 is 8.95 Å². The summed E-state index contributed by atoms with van der Waals surface area (Å²) in [6.07, 6.45) is 7.20. The molecule has 3 nitrogen and oxygen atoms in total. The van der Waals surface area contributed by atoms with E-state index in [0.29, 0.717) is 11.3 Å². The molecule has 4 heteroatoms. The molecule has 1 aliphatic heterocycles. The number of hydrogen-bond acceptors (Lipinski definition) is 3. The molecule has 2 aliphatic rings. The summed E-state index contributed by atoms with van der Waals surface area (Å²) >= 11 is 0. The fraction of sp³-hybridized carbons (Fsp3) is 1.00. The van der Waals surface area contributed by atoms with Crippen LogP contribution in [-0.4, -0.2) is 41.0 Å². The second-order valence-corrected chi connectivity index (χ2v) is 6.72. The zero-order chi connectivity index (χ0) is 11.4. The zero-order valence-corrected chi connectivity index (χ0v) is 10.9. The molecule has 2 rings (SSSR count). The summed E-state index contributed by atoms with van der Waals surface area (Å²) in [5, 5.41) is 3.72. The van der Waals surface area contributed by atoms with Crippen LogP contribution in [0.5, 0.6) is 0 Å². The maximum absolute atomic E-state index is 12.2. The molecule has 1 heterocycles. The van der Waals surface area contributed by atoms with Gasteiger partial charge in [0.1, 0.15) is 0 Å². The minimum atomic E-state index is -0.684. The lowest BCUT2D eigenvalue weighted by molar-refractivity contribution is 0.128. The van der Waals surface area contributed by atoms with E-state index in [4.69, 9.17) is 4.74 Å². The van der Waals surface area contributed by atoms with Crippen LogP contribution >= 0.6 is 0 Å². The van der Waals surface area contributed by atoms with E-state index >= 15 is 0 Å². The molecular formula is C12H23NO2S. The van der Waals surface area contributed by atoms with Crippen LogP contribution in [0.25, 0.3) is 0 Å². The third kappa shape index (κ3) is 3.28. The molecule has 94 valence electrons. The normalized spacial score (nSPS) is 37.4. The Hall–Kier alpha value is 0.0700. The van der Waals surface area contributed by atoms with Crippen molar-refractivity contribution in [1.82, 2.24) is 5.32 Å². The van der Waals surface area contributed by atoms with Gasteiger partial charge in [0.25, 0.3) is 0 Å². The summed E-state index contributed by atoms with van der Waals surface area (Å²) in [7, 11) is 1.33. The first kappa shape index (κ1) is 12.5. The van der Waals surface area contributed by atoms with Crippen LogP contribution in [-0.2, 0) is 15.5 Å². The summed E-state index contributed by atoms with van der Waals surface area (Å²) in [6, 6.07) is 0.576. The summed E-state index contributed by atoms with van der Waals surface area (Å²) in [4.78, 5) is 0. The second kappa shape index (κ2) is 6.12. The summed E-state index contributed by atoms with van der Waals surface area (Å²) in [6.45, 7) is 0.867. The average Bonchev–Trinajstić information content (AvgIpc) is 2.82. The van der Waals surface area contributed by atoms with Gasteiger partial charge in [-0.15, -0.1) is 0 Å². The van der Waals surface area contributed by atoms with Crippen molar-refractivity contribution in [2.75, 3.05) is 19.4 Å². The Kier molecular flexibility index (Phi) is 4.79. The molecule has 1 saturated carbocycles. The smallest absolute Gasteiger partial charge is 0.0691 e. The average molecular weight is 245 g/mol. The van der Waals surface area contributed by atoms with Crippen LogP contribution in [0.4, 0.5) is 0 Å². The minimum Gasteiger partial charge on any atom is -0.377 e. The molecule has 0 aromatic heterocycles. The zero-order valence-electron chi connectivity index (χ0n) is 10.1. The Morgan fingerprint density at radius 3 is 2.88 bits per heavy atom. The standard InChI is InChI=1S/C12H23NO2S/c1-13-10-4-2-6-12(8-10)16(14)9-11-5-3-7-15-11/h10-13H,2-9H2,1H3. The SMILES string of the molecule is CNC1CCCC(S(=O)CC2CCCO2)C1. The van der Waals surface area contributed by atoms with E-state index in [9.17, 15) is 4.21 Å². The van der Waals surface area contributed by atoms with E-state index in [-0.39, 0.29) is 6.10 Å². The first-order valence-corrected chi connectivity index (χ1v) is 7.84. The molecule has 1 N–H and O–H groups in total. The monoisotopic (exact) mass is 245 g/mol. The highest BCUT2D eigenvalue weighted by Gasteiger charge is 2.28. The maximum Gasteiger partial charge on any atom is 0.0691 e. The molecule has 1 saturated heterocycles. The van der Waals surface area contributed by atoms with Crippen molar-refractivity contribution in [3.63, 3.8) is 0 Å². The fourth-order valence-electron chi connectivity index (χ4n) is 2.74. The second-order valence-electron chi connectivity index (χ2n) is 4.96. The van der Waals surface area contributed by atoms with Gasteiger partial charge in [-0.3, -0.25) is 4.21 Å². The molecule has 0 radical (unpaired) electrons. The molecular weight excluding hydrogens is 222 g/mol. The molecule has 0 bridgehead atoms. The molecule has 4 unspecified atom stereocenters. The maximum atomic E-state index is 12.2. The van der Waals surface area contributed by atoms with Crippen molar-refractivity contribution in [3.8, 4) is 0 Å². The van der Waals surface area contributed by atoms with Crippen molar-refractivity contribution in [2.45, 2.75) is 55.9 Å². The lowest BCUT2D eigenvalue weighted by Crippen LogP contribution is -2.37. The number of nitrogens with one attached hydrogen (secondary N) is 1. The Morgan fingerprint density at radius 1 is 1.31 bits per heavy atom. The molecule has 2 fully saturated rings. The predicted octanol–water partition coefficient (Wildman–Crippen LogP) is 1.44. The van der Waals surface area contributed by atoms with E-state index in [1.807, 2.05) is 7.05 Å². The Balaban J connectivity index is 1.79. The van der Waals surface area contributed by atoms with Gasteiger partial charge >= 0.3 is 0 Å². The van der Waals surface area contributed by atoms with E-state index < -0.39 is 10.8 Å². The number of rotatable bonds is 4. The minimum absolute atomic E-state index is 0.274. The summed E-state index contributed by atoms with van der Waals surface area (Å²) in [5.41, 5.74) is 0. The molecule has 0 aromatic carbocycles. The number of hydrogen-bond donors (Lipinski definition) is 1. The van der Waals surface area contributed by atoms with Crippen LogP contribution in [0.1, 0.15) is 38.5 Å². The molecule has 4 atom stereocenters. The van der Waals surface area contributed by atoms with Crippen LogP contribution in [0.3, 0.4) is 0 Å². The summed E-state index contributed by atoms with van der Waals surface area (Å²) < 4.78 is 17.8. The first-order valence-electron chi connectivity index (χ1n) is 6.45. The third-order valence-electron chi connectivity index (χ3n) is 3.78. The van der Waals surface area contributed by atoms with Crippen molar-refractivity contribution >= 4 is 10.8 Å². The van der Waals surface area contributed by atoms with Gasteiger partial charge in [0.05, 0.1) is 11.9 Å². The van der Waals surface area contributed by atoms with Gasteiger partial charge in [0.15, 0.2) is 0 Å². The van der Waals surface area contributed by atoms with E-state index in [1.165, 1.54) is 12.8 Å². The van der Waals surface area contributed by atoms with Gasteiger partial charge in [0, 0.05) is 28.7 Å². The molecule has 1 aliphatic carbocycles. The fourth-order valence-corrected chi connectivity index (χ4v) is 4.52. The Labute approximate surface area is 101 Å². The van der Waals surface area contributed by atoms with Crippen LogP contribution in [0.2, 0.25) is 0 Å². The van der Waals surface area contributed by atoms with E-state index in [2.05, 4.69) is 5.32 Å². The highest BCUT2D eigenvalue weighted by Crippen LogP contribution is 2.24. The van der Waals surface area contributed by atoms with Gasteiger partial charge < -0.3 is 10.1 Å². The topological polar surface area (TPSA) is 38.3 Å². The van der Waals surface area contributed by atoms with Gasteiger partial charge in [-0.25, -0.2) is 0 Å². The molecule has 0 spiro atoms. The van der Waals surface area contributed by atoms with Crippen LogP contribution in [0, 0.1) is 0 Å². The van der Waals surface area contributed by atoms with Crippen LogP contribution in [0.15, 0.2) is 0 Å². The van der Waals surface area contributed by atoms with Gasteiger partial charge in [-0.05, 0) is 39.2 Å². The largest absolute Gasteiger partial charge is 0.377 e. The van der Waals surface area contributed by atoms with E-state index in [0.717, 1.165) is 38.0 Å². The quantitative estimate of drug-likeness (QED) is 0.814. The summed E-state index contributed by atoms with van der Waals surface area (Å²) in [5.74, 6) is 0.765. The van der Waals surface area contributed by atoms with Crippen LogP contribution < -0.4 is 5.32 Å². The Bertz CT molecular complexity index is 241. The van der Waals surface area contributed by atoms with Gasteiger partial charge in [0.2, 0.25) is 0 Å². The predicted molar refractivity (Wildman–Crippen MR) is 67.1 cm³/mol. The molecule has 16 heavy (non-hydrogen) atoms. The lowest BCUT2D eigenvalue weighted by atomic mass is 9.95. The lowest BCUT2D eigenvalue weighted by Gasteiger charge is -2.28. The first-order chi connectivity index (χ1) is 7.79. The van der Waals surface area contributed by atoms with Gasteiger partial charge in [-0.2, -0.15) is 0 Å².